The van der Waals surface area contributed by atoms with Gasteiger partial charge in [-0.1, -0.05) is 0 Å². The van der Waals surface area contributed by atoms with E-state index < -0.39 is 5.41 Å². The normalized spacial score (nSPS) is 24.3. The highest BCUT2D eigenvalue weighted by atomic mass is 32.1. The number of nitrogens with zero attached hydrogens (tertiary/aromatic N) is 5. The van der Waals surface area contributed by atoms with E-state index in [4.69, 9.17) is 9.40 Å². The lowest BCUT2D eigenvalue weighted by atomic mass is 9.75. The van der Waals surface area contributed by atoms with Crippen molar-refractivity contribution in [1.29, 1.82) is 0 Å². The Labute approximate surface area is 186 Å². The molecule has 31 heavy (non-hydrogen) atoms. The molecule has 2 fully saturated rings. The van der Waals surface area contributed by atoms with Gasteiger partial charge in [0.25, 0.3) is 0 Å². The van der Waals surface area contributed by atoms with Crippen LogP contribution in [-0.2, 0) is 17.9 Å². The molecule has 5 heterocycles. The third kappa shape index (κ3) is 3.72. The number of hydrogen-bond acceptors (Lipinski definition) is 6. The highest BCUT2D eigenvalue weighted by Crippen LogP contribution is 2.50. The molecule has 3 aromatic rings. The maximum atomic E-state index is 13.8. The summed E-state index contributed by atoms with van der Waals surface area (Å²) in [6.07, 6.45) is 8.40. The molecule has 0 bridgehead atoms. The number of carbonyl (C=O) groups excluding carboxylic acids is 1. The zero-order valence-electron chi connectivity index (χ0n) is 18.3. The second-order valence-corrected chi connectivity index (χ2v) is 10.2. The summed E-state index contributed by atoms with van der Waals surface area (Å²) >= 11 is 1.64. The SMILES string of the molecule is Cc1nc(CN2CC[C@@]3(CN(Cc4ccoc4)C[C@H]3c3cn(C(C)C)cn3)C2=O)cs1. The molecule has 2 aliphatic rings. The fourth-order valence-electron chi connectivity index (χ4n) is 5.11. The Bertz CT molecular complexity index is 1060. The summed E-state index contributed by atoms with van der Waals surface area (Å²) < 4.78 is 7.40. The van der Waals surface area contributed by atoms with Gasteiger partial charge in [-0.25, -0.2) is 9.97 Å². The number of likely N-dealkylation sites (tertiary alicyclic amines) is 2. The van der Waals surface area contributed by atoms with Crippen LogP contribution in [-0.4, -0.2) is 49.9 Å². The van der Waals surface area contributed by atoms with Gasteiger partial charge < -0.3 is 13.9 Å². The second kappa shape index (κ2) is 7.91. The maximum absolute atomic E-state index is 13.8. The first kappa shape index (κ1) is 20.5. The molecule has 0 N–H and O–H groups in total. The summed E-state index contributed by atoms with van der Waals surface area (Å²) in [6.45, 7) is 10.1. The van der Waals surface area contributed by atoms with Crippen LogP contribution in [0.25, 0.3) is 0 Å². The molecule has 2 aliphatic heterocycles. The molecular weight excluding hydrogens is 410 g/mol. The van der Waals surface area contributed by atoms with Crippen LogP contribution in [0.1, 0.15) is 54.2 Å². The molecule has 2 saturated heterocycles. The third-order valence-corrected chi connectivity index (χ3v) is 7.56. The van der Waals surface area contributed by atoms with E-state index in [1.165, 1.54) is 0 Å². The molecule has 0 aromatic carbocycles. The standard InChI is InChI=1S/C23H29N5O2S/c1-16(2)28-11-21(24-15-28)20-10-26(8-18-4-7-30-12-18)14-23(20)5-6-27(22(23)29)9-19-13-31-17(3)25-19/h4,7,11-13,15-16,20H,5-6,8-10,14H2,1-3H3/t20-,23-/m0/s1. The largest absolute Gasteiger partial charge is 0.472 e. The molecule has 7 nitrogen and oxygen atoms in total. The molecule has 0 aliphatic carbocycles. The molecule has 5 rings (SSSR count). The molecule has 0 radical (unpaired) electrons. The summed E-state index contributed by atoms with van der Waals surface area (Å²) in [5, 5.41) is 3.11. The van der Waals surface area contributed by atoms with Crippen LogP contribution in [0.15, 0.2) is 40.9 Å². The molecule has 3 aromatic heterocycles. The zero-order chi connectivity index (χ0) is 21.6. The Morgan fingerprint density at radius 1 is 1.35 bits per heavy atom. The van der Waals surface area contributed by atoms with Crippen molar-refractivity contribution in [1.82, 2.24) is 24.3 Å². The number of rotatable bonds is 6. The average Bonchev–Trinajstić information content (AvgIpc) is 3.53. The van der Waals surface area contributed by atoms with E-state index >= 15 is 0 Å². The first-order valence-corrected chi connectivity index (χ1v) is 11.8. The Balaban J connectivity index is 1.43. The van der Waals surface area contributed by atoms with Crippen LogP contribution in [0, 0.1) is 12.3 Å². The minimum Gasteiger partial charge on any atom is -0.472 e. The van der Waals surface area contributed by atoms with Gasteiger partial charge in [0, 0.05) is 55.3 Å². The van der Waals surface area contributed by atoms with Crippen LogP contribution < -0.4 is 0 Å². The Kier molecular flexibility index (Phi) is 5.22. The number of furan rings is 1. The predicted octanol–water partition coefficient (Wildman–Crippen LogP) is 3.84. The molecular formula is C23H29N5O2S. The van der Waals surface area contributed by atoms with Crippen molar-refractivity contribution in [3.8, 4) is 0 Å². The van der Waals surface area contributed by atoms with Gasteiger partial charge in [-0.2, -0.15) is 0 Å². The van der Waals surface area contributed by atoms with Gasteiger partial charge in [-0.3, -0.25) is 9.69 Å². The van der Waals surface area contributed by atoms with Crippen molar-refractivity contribution in [2.75, 3.05) is 19.6 Å². The van der Waals surface area contributed by atoms with Gasteiger partial charge in [-0.05, 0) is 33.3 Å². The Morgan fingerprint density at radius 2 is 2.23 bits per heavy atom. The van der Waals surface area contributed by atoms with E-state index in [2.05, 4.69) is 39.9 Å². The van der Waals surface area contributed by atoms with E-state index in [-0.39, 0.29) is 11.8 Å². The van der Waals surface area contributed by atoms with Crippen LogP contribution in [0.2, 0.25) is 0 Å². The zero-order valence-corrected chi connectivity index (χ0v) is 19.1. The number of amides is 1. The topological polar surface area (TPSA) is 67.4 Å². The van der Waals surface area contributed by atoms with Gasteiger partial charge in [0.15, 0.2) is 0 Å². The minimum atomic E-state index is -0.426. The number of aryl methyl sites for hydroxylation is 1. The quantitative estimate of drug-likeness (QED) is 0.584. The van der Waals surface area contributed by atoms with E-state index in [1.54, 1.807) is 23.9 Å². The van der Waals surface area contributed by atoms with Gasteiger partial charge in [0.05, 0.1) is 47.2 Å². The summed E-state index contributed by atoms with van der Waals surface area (Å²) in [5.41, 5.74) is 2.74. The van der Waals surface area contributed by atoms with Crippen LogP contribution in [0.5, 0.6) is 0 Å². The number of hydrogen-bond donors (Lipinski definition) is 0. The van der Waals surface area contributed by atoms with Gasteiger partial charge >= 0.3 is 0 Å². The number of thiazole rings is 1. The first-order chi connectivity index (χ1) is 14.9. The van der Waals surface area contributed by atoms with Gasteiger partial charge in [0.2, 0.25) is 5.91 Å². The van der Waals surface area contributed by atoms with Crippen molar-refractivity contribution in [3.63, 3.8) is 0 Å². The van der Waals surface area contributed by atoms with Crippen molar-refractivity contribution < 1.29 is 9.21 Å². The van der Waals surface area contributed by atoms with Gasteiger partial charge in [0.1, 0.15) is 0 Å². The molecule has 1 amide bonds. The molecule has 2 atom stereocenters. The van der Waals surface area contributed by atoms with Crippen molar-refractivity contribution >= 4 is 17.2 Å². The summed E-state index contributed by atoms with van der Waals surface area (Å²) in [7, 11) is 0. The van der Waals surface area contributed by atoms with Gasteiger partial charge in [-0.15, -0.1) is 11.3 Å². The molecule has 8 heteroatoms. The number of carbonyl (C=O) groups is 1. The highest BCUT2D eigenvalue weighted by molar-refractivity contribution is 7.09. The third-order valence-electron chi connectivity index (χ3n) is 6.74. The van der Waals surface area contributed by atoms with E-state index in [1.807, 2.05) is 24.2 Å². The Hall–Kier alpha value is -2.45. The van der Waals surface area contributed by atoms with E-state index in [9.17, 15) is 4.79 Å². The van der Waals surface area contributed by atoms with E-state index in [0.717, 1.165) is 54.6 Å². The van der Waals surface area contributed by atoms with E-state index in [0.29, 0.717) is 12.6 Å². The number of aromatic nitrogens is 3. The van der Waals surface area contributed by atoms with Crippen LogP contribution >= 0.6 is 11.3 Å². The van der Waals surface area contributed by atoms with Crippen molar-refractivity contribution in [2.24, 2.45) is 5.41 Å². The predicted molar refractivity (Wildman–Crippen MR) is 119 cm³/mol. The van der Waals surface area contributed by atoms with Crippen molar-refractivity contribution in [2.45, 2.75) is 52.2 Å². The lowest BCUT2D eigenvalue weighted by molar-refractivity contribution is -0.136. The lowest BCUT2D eigenvalue weighted by Gasteiger charge is -2.28. The summed E-state index contributed by atoms with van der Waals surface area (Å²) in [4.78, 5) is 27.6. The first-order valence-electron chi connectivity index (χ1n) is 10.9. The highest BCUT2D eigenvalue weighted by Gasteiger charge is 2.57. The molecule has 0 saturated carbocycles. The molecule has 164 valence electrons. The minimum absolute atomic E-state index is 0.0917. The number of imidazole rings is 1. The summed E-state index contributed by atoms with van der Waals surface area (Å²) in [6, 6.07) is 2.35. The molecule has 1 spiro atoms. The fraction of sp³-hybridized carbons (Fsp3) is 0.522. The summed E-state index contributed by atoms with van der Waals surface area (Å²) in [5.74, 6) is 0.339. The fourth-order valence-corrected chi connectivity index (χ4v) is 5.72. The van der Waals surface area contributed by atoms with Crippen molar-refractivity contribution in [3.05, 3.63) is 58.5 Å². The monoisotopic (exact) mass is 439 g/mol. The Morgan fingerprint density at radius 3 is 2.90 bits per heavy atom. The van der Waals surface area contributed by atoms with Crippen LogP contribution in [0.4, 0.5) is 0 Å². The average molecular weight is 440 g/mol. The molecule has 0 unspecified atom stereocenters. The lowest BCUT2D eigenvalue weighted by Crippen LogP contribution is -2.39. The van der Waals surface area contributed by atoms with Crippen LogP contribution in [0.3, 0.4) is 0 Å². The second-order valence-electron chi connectivity index (χ2n) is 9.18. The maximum Gasteiger partial charge on any atom is 0.231 e. The smallest absolute Gasteiger partial charge is 0.231 e.